The van der Waals surface area contributed by atoms with Crippen LogP contribution in [0.5, 0.6) is 0 Å². The van der Waals surface area contributed by atoms with Gasteiger partial charge in [-0.05, 0) is 12.1 Å². The van der Waals surface area contributed by atoms with E-state index in [2.05, 4.69) is 9.73 Å². The predicted octanol–water partition coefficient (Wildman–Crippen LogP) is 4.68. The van der Waals surface area contributed by atoms with Crippen molar-refractivity contribution >= 4 is 17.5 Å². The van der Waals surface area contributed by atoms with Crippen LogP contribution in [0, 0.1) is 5.41 Å². The summed E-state index contributed by atoms with van der Waals surface area (Å²) in [6.45, 7) is 7.41. The van der Waals surface area contributed by atoms with Gasteiger partial charge in [0.2, 0.25) is 0 Å². The van der Waals surface area contributed by atoms with E-state index < -0.39 is 0 Å². The molecule has 0 saturated carbocycles. The van der Waals surface area contributed by atoms with Crippen molar-refractivity contribution in [2.75, 3.05) is 14.2 Å². The van der Waals surface area contributed by atoms with Crippen molar-refractivity contribution in [3.05, 3.63) is 30.3 Å². The van der Waals surface area contributed by atoms with E-state index in [4.69, 9.17) is 10.1 Å². The molecule has 0 aliphatic carbocycles. The minimum absolute atomic E-state index is 0. The lowest BCUT2D eigenvalue weighted by Crippen LogP contribution is -1.91. The Morgan fingerprint density at radius 1 is 1.00 bits per heavy atom. The molecule has 4 nitrogen and oxygen atoms in total. The van der Waals surface area contributed by atoms with Crippen molar-refractivity contribution in [1.82, 2.24) is 0 Å². The molecule has 0 spiro atoms. The molecule has 0 radical (unpaired) electrons. The van der Waals surface area contributed by atoms with Crippen LogP contribution in [0.15, 0.2) is 35.3 Å². The molecule has 0 amide bonds. The van der Waals surface area contributed by atoms with Crippen molar-refractivity contribution in [3.8, 4) is 0 Å². The molecule has 0 saturated heterocycles. The zero-order chi connectivity index (χ0) is 14.4. The summed E-state index contributed by atoms with van der Waals surface area (Å²) in [4.78, 5) is 4.17. The Labute approximate surface area is 118 Å². The smallest absolute Gasteiger partial charge is 0.184 e. The fourth-order valence-corrected chi connectivity index (χ4v) is 0.730. The molecule has 1 rings (SSSR count). The number of hydrogen-bond acceptors (Lipinski definition) is 4. The molecule has 19 heavy (non-hydrogen) atoms. The molecule has 0 unspecified atom stereocenters. The van der Waals surface area contributed by atoms with Crippen molar-refractivity contribution in [3.63, 3.8) is 0 Å². The summed E-state index contributed by atoms with van der Waals surface area (Å²) >= 11 is 0. The fourth-order valence-electron chi connectivity index (χ4n) is 0.730. The number of rotatable bonds is 1. The Balaban J connectivity index is -0.000000275. The largest absolute Gasteiger partial charge is 0.485 e. The van der Waals surface area contributed by atoms with Crippen LogP contribution in [0.1, 0.15) is 35.1 Å². The van der Waals surface area contributed by atoms with Gasteiger partial charge in [-0.25, -0.2) is 4.99 Å². The zero-order valence-electron chi connectivity index (χ0n) is 12.2. The number of nitrogens with zero attached hydrogens (tertiary/aromatic N) is 1. The first kappa shape index (κ1) is 22.3. The maximum atomic E-state index is 6.52. The van der Waals surface area contributed by atoms with Crippen LogP contribution in [0.3, 0.4) is 0 Å². The van der Waals surface area contributed by atoms with Gasteiger partial charge in [-0.15, -0.1) is 0 Å². The van der Waals surface area contributed by atoms with Crippen LogP contribution < -0.4 is 0 Å². The first-order valence-corrected chi connectivity index (χ1v) is 5.83. The summed E-state index contributed by atoms with van der Waals surface area (Å²) < 4.78 is 9.24. The van der Waals surface area contributed by atoms with Gasteiger partial charge in [-0.3, -0.25) is 5.41 Å². The molecule has 0 atom stereocenters. The number of methoxy groups -OCH3 is 2. The maximum absolute atomic E-state index is 6.52. The Hall–Kier alpha value is -1.84. The number of ether oxygens (including phenoxy) is 2. The van der Waals surface area contributed by atoms with Crippen molar-refractivity contribution in [2.45, 2.75) is 35.1 Å². The second-order valence-electron chi connectivity index (χ2n) is 2.93. The molecule has 1 N–H and O–H groups in total. The molecule has 4 heteroatoms. The van der Waals surface area contributed by atoms with Gasteiger partial charge in [0.15, 0.2) is 11.8 Å². The van der Waals surface area contributed by atoms with Crippen LogP contribution in [-0.4, -0.2) is 26.0 Å². The third-order valence-electron chi connectivity index (χ3n) is 1.64. The molecule has 0 heterocycles. The van der Waals surface area contributed by atoms with Crippen molar-refractivity contribution in [2.24, 2.45) is 4.99 Å². The predicted molar refractivity (Wildman–Crippen MR) is 84.7 cm³/mol. The lowest BCUT2D eigenvalue weighted by atomic mass is 10.3. The van der Waals surface area contributed by atoms with Crippen LogP contribution >= 0.6 is 0 Å². The number of nitrogens with one attached hydrogen (secondary N) is 1. The van der Waals surface area contributed by atoms with Crippen molar-refractivity contribution < 1.29 is 9.47 Å². The van der Waals surface area contributed by atoms with Gasteiger partial charge in [-0.1, -0.05) is 39.5 Å². The molecule has 1 aromatic carbocycles. The summed E-state index contributed by atoms with van der Waals surface area (Å²) in [5.74, 6) is 0.932. The minimum atomic E-state index is 0. The van der Waals surface area contributed by atoms with Crippen LogP contribution in [0.4, 0.5) is 5.69 Å². The Bertz CT molecular complexity index is 335. The first-order valence-electron chi connectivity index (χ1n) is 5.83. The van der Waals surface area contributed by atoms with E-state index >= 15 is 0 Å². The average molecular weight is 268 g/mol. The second-order valence-corrected chi connectivity index (χ2v) is 2.93. The number of benzene rings is 1. The molecule has 0 aliphatic rings. The number of hydrogen-bond donors (Lipinski definition) is 1. The van der Waals surface area contributed by atoms with Crippen LogP contribution in [0.2, 0.25) is 0 Å². The van der Waals surface area contributed by atoms with E-state index in [-0.39, 0.29) is 13.3 Å². The Morgan fingerprint density at radius 2 is 1.42 bits per heavy atom. The molecule has 0 bridgehead atoms. The standard InChI is InChI=1S/C9H11NO.C3H7NO.C2H6.CH4/c1-8(11-2)10-9-6-4-3-5-7-9;1-3(4)5-2;1-2;/h3-7H,1-2H3;4H,1-2H3;1-2H3;1H4. The van der Waals surface area contributed by atoms with Gasteiger partial charge in [0.05, 0.1) is 19.9 Å². The van der Waals surface area contributed by atoms with Crippen LogP contribution in [-0.2, 0) is 9.47 Å². The van der Waals surface area contributed by atoms with E-state index in [9.17, 15) is 0 Å². The summed E-state index contributed by atoms with van der Waals surface area (Å²) in [6, 6.07) is 9.72. The maximum Gasteiger partial charge on any atom is 0.184 e. The quantitative estimate of drug-likeness (QED) is 0.594. The Kier molecular flexibility index (Phi) is 19.0. The third-order valence-corrected chi connectivity index (χ3v) is 1.64. The van der Waals surface area contributed by atoms with Crippen molar-refractivity contribution in [1.29, 1.82) is 5.41 Å². The Morgan fingerprint density at radius 3 is 1.74 bits per heavy atom. The zero-order valence-corrected chi connectivity index (χ0v) is 12.2. The molecular weight excluding hydrogens is 240 g/mol. The number of para-hydroxylation sites is 1. The first-order chi connectivity index (χ1) is 8.60. The van der Waals surface area contributed by atoms with E-state index in [1.807, 2.05) is 51.1 Å². The highest BCUT2D eigenvalue weighted by molar-refractivity contribution is 5.76. The number of aliphatic imine (C=N–C) groups is 1. The summed E-state index contributed by atoms with van der Waals surface area (Å²) in [5, 5.41) is 6.52. The van der Waals surface area contributed by atoms with Gasteiger partial charge in [0, 0.05) is 13.8 Å². The fraction of sp³-hybridized carbons (Fsp3) is 0.467. The summed E-state index contributed by atoms with van der Waals surface area (Å²) in [7, 11) is 3.09. The van der Waals surface area contributed by atoms with Gasteiger partial charge in [0.25, 0.3) is 0 Å². The molecule has 0 aliphatic heterocycles. The van der Waals surface area contributed by atoms with E-state index in [1.54, 1.807) is 14.0 Å². The monoisotopic (exact) mass is 268 g/mol. The van der Waals surface area contributed by atoms with Gasteiger partial charge in [-0.2, -0.15) is 0 Å². The normalized spacial score (nSPS) is 8.63. The van der Waals surface area contributed by atoms with E-state index in [1.165, 1.54) is 7.11 Å². The van der Waals surface area contributed by atoms with Gasteiger partial charge < -0.3 is 9.47 Å². The summed E-state index contributed by atoms with van der Waals surface area (Å²) in [6.07, 6.45) is 0. The lowest BCUT2D eigenvalue weighted by molar-refractivity contribution is 0.396. The molecule has 0 fully saturated rings. The molecule has 1 aromatic rings. The van der Waals surface area contributed by atoms with Gasteiger partial charge >= 0.3 is 0 Å². The van der Waals surface area contributed by atoms with Gasteiger partial charge in [0.1, 0.15) is 0 Å². The average Bonchev–Trinajstić information content (AvgIpc) is 2.42. The lowest BCUT2D eigenvalue weighted by Gasteiger charge is -1.96. The topological polar surface area (TPSA) is 54.7 Å². The third kappa shape index (κ3) is 16.2. The molecule has 110 valence electrons. The highest BCUT2D eigenvalue weighted by Gasteiger charge is 1.87. The SMILES string of the molecule is C.CC.COC(C)=N.COC(C)=Nc1ccccc1. The summed E-state index contributed by atoms with van der Waals surface area (Å²) in [5.41, 5.74) is 0.923. The highest BCUT2D eigenvalue weighted by atomic mass is 16.5. The van der Waals surface area contributed by atoms with E-state index in [0.717, 1.165) is 5.69 Å². The van der Waals surface area contributed by atoms with Crippen LogP contribution in [0.25, 0.3) is 0 Å². The van der Waals surface area contributed by atoms with E-state index in [0.29, 0.717) is 5.90 Å². The molecule has 0 aromatic heterocycles. The second kappa shape index (κ2) is 16.2. The minimum Gasteiger partial charge on any atom is -0.485 e. The highest BCUT2D eigenvalue weighted by Crippen LogP contribution is 2.09. The molecular formula is C15H28N2O2.